The molecule has 0 aliphatic heterocycles. The molecule has 0 radical (unpaired) electrons. The summed E-state index contributed by atoms with van der Waals surface area (Å²) in [6, 6.07) is 59.3. The Kier molecular flexibility index (Phi) is 7.28. The van der Waals surface area contributed by atoms with Gasteiger partial charge in [0.1, 0.15) is 0 Å². The molecule has 1 aliphatic carbocycles. The topological polar surface area (TPSA) is 9.86 Å². The van der Waals surface area contributed by atoms with Crippen LogP contribution in [-0.2, 0) is 12.8 Å². The number of hydrogen-bond donors (Lipinski definition) is 0. The average Bonchev–Trinajstić information content (AvgIpc) is 3.74. The van der Waals surface area contributed by atoms with Crippen molar-refractivity contribution >= 4 is 43.6 Å². The van der Waals surface area contributed by atoms with Gasteiger partial charge in [-0.05, 0) is 157 Å². The van der Waals surface area contributed by atoms with Gasteiger partial charge in [-0.2, -0.15) is 0 Å². The van der Waals surface area contributed by atoms with Gasteiger partial charge in [-0.1, -0.05) is 108 Å². The monoisotopic (exact) mass is 718 g/mol. The zero-order chi connectivity index (χ0) is 37.7. The Balaban J connectivity index is 1.17. The molecule has 0 unspecified atom stereocenters. The van der Waals surface area contributed by atoms with E-state index in [2.05, 4.69) is 195 Å². The lowest BCUT2D eigenvalue weighted by molar-refractivity contribution is 0.944. The third-order valence-electron chi connectivity index (χ3n) is 12.4. The highest BCUT2D eigenvalue weighted by Crippen LogP contribution is 2.46. The van der Waals surface area contributed by atoms with Gasteiger partial charge in [0.2, 0.25) is 0 Å². The van der Waals surface area contributed by atoms with Gasteiger partial charge in [-0.3, -0.25) is 0 Å². The molecule has 0 saturated heterocycles. The van der Waals surface area contributed by atoms with Crippen LogP contribution in [0.5, 0.6) is 0 Å². The minimum absolute atomic E-state index is 0.989. The molecule has 56 heavy (non-hydrogen) atoms. The van der Waals surface area contributed by atoms with Crippen molar-refractivity contribution in [3.63, 3.8) is 0 Å². The van der Waals surface area contributed by atoms with E-state index >= 15 is 0 Å². The Morgan fingerprint density at radius 2 is 0.929 bits per heavy atom. The van der Waals surface area contributed by atoms with E-state index in [1.165, 1.54) is 122 Å². The number of para-hydroxylation sites is 2. The highest BCUT2D eigenvalue weighted by atomic mass is 15.0. The lowest BCUT2D eigenvalue weighted by Gasteiger charge is -2.23. The predicted molar refractivity (Wildman–Crippen MR) is 238 cm³/mol. The molecule has 2 heterocycles. The maximum Gasteiger partial charge on any atom is 0.0579 e. The van der Waals surface area contributed by atoms with E-state index in [1.54, 1.807) is 0 Å². The van der Waals surface area contributed by atoms with Gasteiger partial charge < -0.3 is 9.13 Å². The lowest BCUT2D eigenvalue weighted by Crippen LogP contribution is -2.07. The Labute approximate surface area is 327 Å². The summed E-state index contributed by atoms with van der Waals surface area (Å²) in [6.45, 7) is 8.81. The van der Waals surface area contributed by atoms with Crippen molar-refractivity contribution in [2.75, 3.05) is 0 Å². The van der Waals surface area contributed by atoms with Crippen LogP contribution < -0.4 is 0 Å². The molecule has 0 amide bonds. The van der Waals surface area contributed by atoms with Crippen molar-refractivity contribution in [1.82, 2.24) is 9.13 Å². The minimum atomic E-state index is 0.989. The number of aryl methyl sites for hydroxylation is 6. The molecule has 0 bridgehead atoms. The highest BCUT2D eigenvalue weighted by Gasteiger charge is 2.26. The van der Waals surface area contributed by atoms with Gasteiger partial charge in [-0.15, -0.1) is 0 Å². The molecule has 0 saturated carbocycles. The smallest absolute Gasteiger partial charge is 0.0579 e. The third-order valence-corrected chi connectivity index (χ3v) is 12.4. The summed E-state index contributed by atoms with van der Waals surface area (Å²) >= 11 is 0. The molecule has 1 aliphatic rings. The van der Waals surface area contributed by atoms with Crippen LogP contribution in [0.3, 0.4) is 0 Å². The molecule has 2 aromatic heterocycles. The predicted octanol–water partition coefficient (Wildman–Crippen LogP) is 14.2. The lowest BCUT2D eigenvalue weighted by atomic mass is 9.83. The fourth-order valence-corrected chi connectivity index (χ4v) is 9.64. The first-order valence-electron chi connectivity index (χ1n) is 19.9. The van der Waals surface area contributed by atoms with Crippen molar-refractivity contribution in [1.29, 1.82) is 0 Å². The summed E-state index contributed by atoms with van der Waals surface area (Å²) in [5.41, 5.74) is 23.3. The van der Waals surface area contributed by atoms with Gasteiger partial charge in [0.05, 0.1) is 22.1 Å². The zero-order valence-electron chi connectivity index (χ0n) is 32.3. The first-order valence-corrected chi connectivity index (χ1v) is 19.9. The van der Waals surface area contributed by atoms with Crippen molar-refractivity contribution in [2.45, 2.75) is 40.5 Å². The van der Waals surface area contributed by atoms with Gasteiger partial charge in [0.25, 0.3) is 0 Å². The average molecular weight is 719 g/mol. The first-order chi connectivity index (χ1) is 27.4. The molecule has 268 valence electrons. The number of benzene rings is 8. The summed E-state index contributed by atoms with van der Waals surface area (Å²) in [7, 11) is 0. The molecular formula is C54H42N2. The summed E-state index contributed by atoms with van der Waals surface area (Å²) in [4.78, 5) is 0. The second-order valence-corrected chi connectivity index (χ2v) is 16.0. The molecular weight excluding hydrogens is 677 g/mol. The number of nitrogens with zero attached hydrogens (tertiary/aromatic N) is 2. The highest BCUT2D eigenvalue weighted by molar-refractivity contribution is 6.15. The largest absolute Gasteiger partial charge is 0.309 e. The number of rotatable bonds is 4. The normalized spacial score (nSPS) is 12.5. The van der Waals surface area contributed by atoms with E-state index in [4.69, 9.17) is 0 Å². The molecule has 11 rings (SSSR count). The Morgan fingerprint density at radius 3 is 1.55 bits per heavy atom. The Hall–Kier alpha value is -6.64. The van der Waals surface area contributed by atoms with E-state index in [9.17, 15) is 0 Å². The van der Waals surface area contributed by atoms with E-state index < -0.39 is 0 Å². The van der Waals surface area contributed by atoms with E-state index in [0.717, 1.165) is 12.8 Å². The van der Waals surface area contributed by atoms with Crippen LogP contribution in [0.2, 0.25) is 0 Å². The second kappa shape index (κ2) is 12.4. The fraction of sp³-hybridized carbons (Fsp3) is 0.111. The number of fused-ring (bicyclic) bond motifs is 10. The van der Waals surface area contributed by atoms with Crippen LogP contribution in [0.1, 0.15) is 33.4 Å². The van der Waals surface area contributed by atoms with Crippen molar-refractivity contribution in [3.8, 4) is 44.8 Å². The zero-order valence-corrected chi connectivity index (χ0v) is 32.3. The van der Waals surface area contributed by atoms with Gasteiger partial charge in [-0.25, -0.2) is 0 Å². The summed E-state index contributed by atoms with van der Waals surface area (Å²) in [5.74, 6) is 0. The van der Waals surface area contributed by atoms with Crippen LogP contribution in [0.15, 0.2) is 158 Å². The SMILES string of the molecule is Cc1ccc(C)c(-c2ccc3c(c2)c2cc4c(cc2n3-c2ccccc2)-c2ccc3c5cc(-c6cc(C)ccc6C)ccc5n(-c5ccccc5)c3c2CC4)c1. The van der Waals surface area contributed by atoms with Crippen molar-refractivity contribution in [3.05, 3.63) is 191 Å². The second-order valence-electron chi connectivity index (χ2n) is 16.0. The van der Waals surface area contributed by atoms with E-state index in [0.29, 0.717) is 0 Å². The summed E-state index contributed by atoms with van der Waals surface area (Å²) < 4.78 is 5.00. The van der Waals surface area contributed by atoms with Crippen LogP contribution in [0.4, 0.5) is 0 Å². The number of hydrogen-bond acceptors (Lipinski definition) is 0. The van der Waals surface area contributed by atoms with Gasteiger partial charge in [0, 0.05) is 32.9 Å². The molecule has 0 spiro atoms. The van der Waals surface area contributed by atoms with Crippen LogP contribution in [0, 0.1) is 27.7 Å². The van der Waals surface area contributed by atoms with E-state index in [-0.39, 0.29) is 0 Å². The van der Waals surface area contributed by atoms with E-state index in [1.807, 2.05) is 0 Å². The number of aromatic nitrogens is 2. The maximum absolute atomic E-state index is 2.52. The fourth-order valence-electron chi connectivity index (χ4n) is 9.64. The quantitative estimate of drug-likeness (QED) is 0.171. The minimum Gasteiger partial charge on any atom is -0.309 e. The van der Waals surface area contributed by atoms with Crippen LogP contribution in [0.25, 0.3) is 88.4 Å². The Bertz CT molecular complexity index is 3150. The molecule has 0 fully saturated rings. The summed E-state index contributed by atoms with van der Waals surface area (Å²) in [5, 5.41) is 5.23. The molecule has 10 aromatic rings. The third kappa shape index (κ3) is 4.95. The summed E-state index contributed by atoms with van der Waals surface area (Å²) in [6.07, 6.45) is 1.99. The molecule has 0 atom stereocenters. The van der Waals surface area contributed by atoms with Gasteiger partial charge in [0.15, 0.2) is 0 Å². The van der Waals surface area contributed by atoms with Crippen molar-refractivity contribution in [2.24, 2.45) is 0 Å². The maximum atomic E-state index is 2.52. The van der Waals surface area contributed by atoms with Crippen LogP contribution >= 0.6 is 0 Å². The molecule has 2 nitrogen and oxygen atoms in total. The Morgan fingerprint density at radius 1 is 0.375 bits per heavy atom. The standard InChI is InChI=1S/C54H42N2/c1-33-15-17-35(3)45(27-33)37-21-26-52-48(29-37)44-24-23-42-43(54(44)56(52)41-13-9-6-10-14-41)22-19-39-31-50-49-30-38(46-28-34(2)16-18-36(46)4)20-25-51(49)55(53(50)32-47(39)42)40-11-7-5-8-12-40/h5-18,20-21,23-32H,19,22H2,1-4H3. The molecule has 0 N–H and O–H groups in total. The first kappa shape index (κ1) is 32.8. The van der Waals surface area contributed by atoms with Crippen LogP contribution in [-0.4, -0.2) is 9.13 Å². The van der Waals surface area contributed by atoms with Gasteiger partial charge >= 0.3 is 0 Å². The molecule has 2 heteroatoms. The molecule has 8 aromatic carbocycles. The van der Waals surface area contributed by atoms with Crippen molar-refractivity contribution < 1.29 is 0 Å².